The Morgan fingerprint density at radius 3 is 2.67 bits per heavy atom. The van der Waals surface area contributed by atoms with Crippen molar-refractivity contribution in [2.75, 3.05) is 17.7 Å². The number of nitrogens with one attached hydrogen (secondary N) is 2. The fraction of sp³-hybridized carbons (Fsp3) is 0.167. The Morgan fingerprint density at radius 1 is 1.22 bits per heavy atom. The number of anilines is 2. The van der Waals surface area contributed by atoms with Gasteiger partial charge in [-0.2, -0.15) is 0 Å². The lowest BCUT2D eigenvalue weighted by atomic mass is 10.3. The van der Waals surface area contributed by atoms with Gasteiger partial charge in [0.25, 0.3) is 5.91 Å². The van der Waals surface area contributed by atoms with E-state index in [1.807, 2.05) is 6.92 Å². The SMILES string of the molecule is CNc1ccc(C(=O)Nc2ccnc(C)c2)nn1. The highest BCUT2D eigenvalue weighted by molar-refractivity contribution is 6.02. The van der Waals surface area contributed by atoms with Crippen molar-refractivity contribution in [1.29, 1.82) is 0 Å². The van der Waals surface area contributed by atoms with Crippen molar-refractivity contribution in [2.45, 2.75) is 6.92 Å². The molecule has 0 aromatic carbocycles. The molecule has 0 unspecified atom stereocenters. The number of hydrogen-bond donors (Lipinski definition) is 2. The lowest BCUT2D eigenvalue weighted by molar-refractivity contribution is 0.102. The Balaban J connectivity index is 2.11. The third-order valence-corrected chi connectivity index (χ3v) is 2.31. The molecule has 0 aliphatic heterocycles. The molecule has 2 aromatic rings. The second-order valence-electron chi connectivity index (χ2n) is 3.69. The van der Waals surface area contributed by atoms with Crippen molar-refractivity contribution in [3.8, 4) is 0 Å². The summed E-state index contributed by atoms with van der Waals surface area (Å²) in [5.74, 6) is 0.321. The van der Waals surface area contributed by atoms with Crippen LogP contribution in [0.3, 0.4) is 0 Å². The van der Waals surface area contributed by atoms with Gasteiger partial charge >= 0.3 is 0 Å². The number of amides is 1. The van der Waals surface area contributed by atoms with Crippen LogP contribution in [0.1, 0.15) is 16.2 Å². The highest BCUT2D eigenvalue weighted by atomic mass is 16.1. The number of carbonyl (C=O) groups is 1. The molecule has 2 heterocycles. The summed E-state index contributed by atoms with van der Waals surface area (Å²) in [4.78, 5) is 15.9. The number of nitrogens with zero attached hydrogens (tertiary/aromatic N) is 3. The maximum atomic E-state index is 11.9. The molecule has 0 aliphatic rings. The zero-order valence-electron chi connectivity index (χ0n) is 10.1. The zero-order chi connectivity index (χ0) is 13.0. The first-order valence-corrected chi connectivity index (χ1v) is 5.44. The minimum atomic E-state index is -0.296. The summed E-state index contributed by atoms with van der Waals surface area (Å²) in [7, 11) is 1.74. The van der Waals surface area contributed by atoms with Crippen LogP contribution in [0.25, 0.3) is 0 Å². The van der Waals surface area contributed by atoms with Crippen LogP contribution in [0.4, 0.5) is 11.5 Å². The Kier molecular flexibility index (Phi) is 3.47. The van der Waals surface area contributed by atoms with E-state index in [4.69, 9.17) is 0 Å². The predicted molar refractivity (Wildman–Crippen MR) is 68.5 cm³/mol. The standard InChI is InChI=1S/C12H13N5O/c1-8-7-9(5-6-14-8)15-12(18)10-3-4-11(13-2)17-16-10/h3-7H,1-2H3,(H,13,17)(H,14,15,18). The lowest BCUT2D eigenvalue weighted by Gasteiger charge is -2.05. The molecule has 2 aromatic heterocycles. The summed E-state index contributed by atoms with van der Waals surface area (Å²) in [6.45, 7) is 1.86. The summed E-state index contributed by atoms with van der Waals surface area (Å²) >= 11 is 0. The topological polar surface area (TPSA) is 79.8 Å². The number of rotatable bonds is 3. The first-order chi connectivity index (χ1) is 8.69. The van der Waals surface area contributed by atoms with Crippen molar-refractivity contribution in [3.05, 3.63) is 41.9 Å². The van der Waals surface area contributed by atoms with E-state index >= 15 is 0 Å². The van der Waals surface area contributed by atoms with Gasteiger partial charge in [0.05, 0.1) is 0 Å². The van der Waals surface area contributed by atoms with E-state index in [9.17, 15) is 4.79 Å². The highest BCUT2D eigenvalue weighted by Gasteiger charge is 2.08. The fourth-order valence-corrected chi connectivity index (χ4v) is 1.41. The second-order valence-corrected chi connectivity index (χ2v) is 3.69. The van der Waals surface area contributed by atoms with E-state index < -0.39 is 0 Å². The number of aryl methyl sites for hydroxylation is 1. The molecular weight excluding hydrogens is 230 g/mol. The Hall–Kier alpha value is -2.50. The van der Waals surface area contributed by atoms with Crippen molar-refractivity contribution >= 4 is 17.4 Å². The summed E-state index contributed by atoms with van der Waals surface area (Å²) in [5.41, 5.74) is 1.79. The van der Waals surface area contributed by atoms with Crippen LogP contribution >= 0.6 is 0 Å². The Morgan fingerprint density at radius 2 is 2.06 bits per heavy atom. The molecule has 0 saturated heterocycles. The van der Waals surface area contributed by atoms with Gasteiger partial charge in [-0.05, 0) is 31.2 Å². The molecule has 0 saturated carbocycles. The third kappa shape index (κ3) is 2.79. The number of pyridine rings is 1. The van der Waals surface area contributed by atoms with Crippen molar-refractivity contribution < 1.29 is 4.79 Å². The Bertz CT molecular complexity index is 553. The molecule has 2 N–H and O–H groups in total. The molecule has 0 radical (unpaired) electrons. The minimum absolute atomic E-state index is 0.267. The summed E-state index contributed by atoms with van der Waals surface area (Å²) in [6.07, 6.45) is 1.64. The van der Waals surface area contributed by atoms with Gasteiger partial charge in [-0.3, -0.25) is 9.78 Å². The van der Waals surface area contributed by atoms with Crippen LogP contribution < -0.4 is 10.6 Å². The van der Waals surface area contributed by atoms with E-state index in [1.165, 1.54) is 0 Å². The lowest BCUT2D eigenvalue weighted by Crippen LogP contribution is -2.14. The molecule has 18 heavy (non-hydrogen) atoms. The Labute approximate surface area is 104 Å². The first kappa shape index (κ1) is 12.0. The third-order valence-electron chi connectivity index (χ3n) is 2.31. The molecule has 2 rings (SSSR count). The molecule has 0 aliphatic carbocycles. The number of carbonyl (C=O) groups excluding carboxylic acids is 1. The molecular formula is C12H13N5O. The fourth-order valence-electron chi connectivity index (χ4n) is 1.41. The normalized spacial score (nSPS) is 9.89. The van der Waals surface area contributed by atoms with Crippen molar-refractivity contribution in [3.63, 3.8) is 0 Å². The minimum Gasteiger partial charge on any atom is -0.372 e. The van der Waals surface area contributed by atoms with Crippen LogP contribution in [0.5, 0.6) is 0 Å². The van der Waals surface area contributed by atoms with E-state index in [-0.39, 0.29) is 11.6 Å². The maximum absolute atomic E-state index is 11.9. The van der Waals surface area contributed by atoms with Gasteiger partial charge in [-0.25, -0.2) is 0 Å². The molecule has 6 heteroatoms. The average Bonchev–Trinajstić information content (AvgIpc) is 2.39. The van der Waals surface area contributed by atoms with Gasteiger partial charge in [0.2, 0.25) is 0 Å². The van der Waals surface area contributed by atoms with Crippen LogP contribution in [-0.4, -0.2) is 28.1 Å². The van der Waals surface area contributed by atoms with E-state index in [1.54, 1.807) is 37.5 Å². The van der Waals surface area contributed by atoms with E-state index in [0.717, 1.165) is 5.69 Å². The summed E-state index contributed by atoms with van der Waals surface area (Å²) in [5, 5.41) is 13.2. The smallest absolute Gasteiger partial charge is 0.276 e. The second kappa shape index (κ2) is 5.22. The van der Waals surface area contributed by atoms with Gasteiger partial charge in [0.15, 0.2) is 5.69 Å². The molecule has 0 spiro atoms. The maximum Gasteiger partial charge on any atom is 0.276 e. The highest BCUT2D eigenvalue weighted by Crippen LogP contribution is 2.09. The molecule has 0 fully saturated rings. The quantitative estimate of drug-likeness (QED) is 0.853. The average molecular weight is 243 g/mol. The van der Waals surface area contributed by atoms with Crippen LogP contribution in [0.15, 0.2) is 30.5 Å². The van der Waals surface area contributed by atoms with Crippen molar-refractivity contribution in [1.82, 2.24) is 15.2 Å². The summed E-state index contributed by atoms with van der Waals surface area (Å²) in [6, 6.07) is 6.81. The van der Waals surface area contributed by atoms with Gasteiger partial charge in [0, 0.05) is 24.6 Å². The van der Waals surface area contributed by atoms with E-state index in [0.29, 0.717) is 11.5 Å². The largest absolute Gasteiger partial charge is 0.372 e. The van der Waals surface area contributed by atoms with Crippen molar-refractivity contribution in [2.24, 2.45) is 0 Å². The number of aromatic nitrogens is 3. The van der Waals surface area contributed by atoms with Gasteiger partial charge < -0.3 is 10.6 Å². The molecule has 0 atom stereocenters. The van der Waals surface area contributed by atoms with Gasteiger partial charge in [-0.15, -0.1) is 10.2 Å². The predicted octanol–water partition coefficient (Wildman–Crippen LogP) is 1.47. The molecule has 0 bridgehead atoms. The molecule has 6 nitrogen and oxygen atoms in total. The zero-order valence-corrected chi connectivity index (χ0v) is 10.1. The van der Waals surface area contributed by atoms with Crippen LogP contribution in [0.2, 0.25) is 0 Å². The summed E-state index contributed by atoms with van der Waals surface area (Å²) < 4.78 is 0. The van der Waals surface area contributed by atoms with E-state index in [2.05, 4.69) is 25.8 Å². The monoisotopic (exact) mass is 243 g/mol. The first-order valence-electron chi connectivity index (χ1n) is 5.44. The van der Waals surface area contributed by atoms with Crippen LogP contribution in [-0.2, 0) is 0 Å². The van der Waals surface area contributed by atoms with Crippen LogP contribution in [0, 0.1) is 6.92 Å². The van der Waals surface area contributed by atoms with Gasteiger partial charge in [0.1, 0.15) is 5.82 Å². The molecule has 1 amide bonds. The van der Waals surface area contributed by atoms with Gasteiger partial charge in [-0.1, -0.05) is 0 Å². The molecule has 92 valence electrons. The number of hydrogen-bond acceptors (Lipinski definition) is 5.